The molecule has 0 radical (unpaired) electrons. The highest BCUT2D eigenvalue weighted by Gasteiger charge is 2.16. The predicted molar refractivity (Wildman–Crippen MR) is 63.1 cm³/mol. The summed E-state index contributed by atoms with van der Waals surface area (Å²) in [6.45, 7) is 1.91. The molecule has 2 heterocycles. The number of halogens is 1. The first-order chi connectivity index (χ1) is 7.84. The molecule has 2 aromatic rings. The number of rotatable bonds is 1. The SMILES string of the molecule is Fc1cc2cccnc2cc1N1CCCC1. The number of nitrogens with zero attached hydrogens (tertiary/aromatic N) is 2. The van der Waals surface area contributed by atoms with E-state index in [0.717, 1.165) is 36.8 Å². The van der Waals surface area contributed by atoms with Crippen LogP contribution >= 0.6 is 0 Å². The smallest absolute Gasteiger partial charge is 0.147 e. The Hall–Kier alpha value is -1.64. The second-order valence-electron chi connectivity index (χ2n) is 4.19. The zero-order valence-corrected chi connectivity index (χ0v) is 8.99. The first kappa shape index (κ1) is 9.58. The maximum Gasteiger partial charge on any atom is 0.147 e. The number of hydrogen-bond acceptors (Lipinski definition) is 2. The summed E-state index contributed by atoms with van der Waals surface area (Å²) in [5, 5.41) is 0.864. The Kier molecular flexibility index (Phi) is 2.24. The third-order valence-corrected chi connectivity index (χ3v) is 3.12. The minimum absolute atomic E-state index is 0.137. The van der Waals surface area contributed by atoms with Gasteiger partial charge >= 0.3 is 0 Å². The van der Waals surface area contributed by atoms with Gasteiger partial charge in [0.1, 0.15) is 5.82 Å². The van der Waals surface area contributed by atoms with Crippen molar-refractivity contribution in [1.29, 1.82) is 0 Å². The lowest BCUT2D eigenvalue weighted by Gasteiger charge is -2.18. The van der Waals surface area contributed by atoms with Crippen LogP contribution in [0.5, 0.6) is 0 Å². The van der Waals surface area contributed by atoms with Crippen LogP contribution in [0.4, 0.5) is 10.1 Å². The van der Waals surface area contributed by atoms with Gasteiger partial charge in [-0.25, -0.2) is 4.39 Å². The summed E-state index contributed by atoms with van der Waals surface area (Å²) in [5.41, 5.74) is 1.56. The average Bonchev–Trinajstić information content (AvgIpc) is 2.81. The van der Waals surface area contributed by atoms with Crippen LogP contribution in [0.15, 0.2) is 30.5 Å². The maximum absolute atomic E-state index is 13.9. The van der Waals surface area contributed by atoms with E-state index in [0.29, 0.717) is 5.69 Å². The minimum Gasteiger partial charge on any atom is -0.369 e. The summed E-state index contributed by atoms with van der Waals surface area (Å²) in [6, 6.07) is 7.16. The molecule has 0 unspecified atom stereocenters. The summed E-state index contributed by atoms with van der Waals surface area (Å²) in [6.07, 6.45) is 4.05. The second-order valence-corrected chi connectivity index (χ2v) is 4.19. The number of benzene rings is 1. The van der Waals surface area contributed by atoms with E-state index in [1.165, 1.54) is 0 Å². The molecule has 1 aliphatic rings. The van der Waals surface area contributed by atoms with Crippen LogP contribution in [-0.4, -0.2) is 18.1 Å². The zero-order chi connectivity index (χ0) is 11.0. The summed E-state index contributed by atoms with van der Waals surface area (Å²) < 4.78 is 13.9. The minimum atomic E-state index is -0.137. The average molecular weight is 216 g/mol. The van der Waals surface area contributed by atoms with E-state index in [9.17, 15) is 4.39 Å². The van der Waals surface area contributed by atoms with Gasteiger partial charge in [-0.1, -0.05) is 6.07 Å². The van der Waals surface area contributed by atoms with Crippen molar-refractivity contribution in [3.05, 3.63) is 36.3 Å². The van der Waals surface area contributed by atoms with Gasteiger partial charge in [0.15, 0.2) is 0 Å². The molecule has 1 aromatic carbocycles. The quantitative estimate of drug-likeness (QED) is 0.728. The van der Waals surface area contributed by atoms with Gasteiger partial charge in [0.05, 0.1) is 11.2 Å². The Bertz CT molecular complexity index is 518. The van der Waals surface area contributed by atoms with Crippen LogP contribution in [0, 0.1) is 5.82 Å². The van der Waals surface area contributed by atoms with E-state index in [4.69, 9.17) is 0 Å². The van der Waals surface area contributed by atoms with Gasteiger partial charge in [0.25, 0.3) is 0 Å². The Morgan fingerprint density at radius 3 is 2.81 bits per heavy atom. The molecule has 0 bridgehead atoms. The molecule has 3 rings (SSSR count). The Morgan fingerprint density at radius 1 is 1.19 bits per heavy atom. The molecule has 0 aliphatic carbocycles. The van der Waals surface area contributed by atoms with Gasteiger partial charge in [0, 0.05) is 24.7 Å². The van der Waals surface area contributed by atoms with Crippen LogP contribution in [0.3, 0.4) is 0 Å². The van der Waals surface area contributed by atoms with Crippen molar-refractivity contribution in [3.63, 3.8) is 0 Å². The molecule has 0 saturated carbocycles. The standard InChI is InChI=1S/C13H13FN2/c14-11-8-10-4-3-5-15-12(10)9-13(11)16-6-1-2-7-16/h3-5,8-9H,1-2,6-7H2. The second kappa shape index (κ2) is 3.74. The maximum atomic E-state index is 13.9. The molecule has 3 heteroatoms. The third kappa shape index (κ3) is 1.52. The summed E-state index contributed by atoms with van der Waals surface area (Å²) in [7, 11) is 0. The van der Waals surface area contributed by atoms with Gasteiger partial charge in [-0.05, 0) is 31.0 Å². The predicted octanol–water partition coefficient (Wildman–Crippen LogP) is 2.97. The lowest BCUT2D eigenvalue weighted by Crippen LogP contribution is -2.18. The molecule has 1 saturated heterocycles. The fourth-order valence-corrected chi connectivity index (χ4v) is 2.28. The Morgan fingerprint density at radius 2 is 2.00 bits per heavy atom. The first-order valence-electron chi connectivity index (χ1n) is 5.64. The largest absolute Gasteiger partial charge is 0.369 e. The summed E-state index contributed by atoms with van der Waals surface area (Å²) in [4.78, 5) is 6.36. The van der Waals surface area contributed by atoms with Crippen molar-refractivity contribution in [1.82, 2.24) is 4.98 Å². The lowest BCUT2D eigenvalue weighted by molar-refractivity contribution is 0.625. The number of hydrogen-bond donors (Lipinski definition) is 0. The molecule has 2 nitrogen and oxygen atoms in total. The molecule has 1 fully saturated rings. The van der Waals surface area contributed by atoms with E-state index >= 15 is 0 Å². The van der Waals surface area contributed by atoms with Gasteiger partial charge in [-0.3, -0.25) is 4.98 Å². The molecule has 16 heavy (non-hydrogen) atoms. The van der Waals surface area contributed by atoms with E-state index in [2.05, 4.69) is 9.88 Å². The monoisotopic (exact) mass is 216 g/mol. The van der Waals surface area contributed by atoms with E-state index in [-0.39, 0.29) is 5.82 Å². The summed E-state index contributed by atoms with van der Waals surface area (Å²) in [5.74, 6) is -0.137. The van der Waals surface area contributed by atoms with Crippen molar-refractivity contribution in [2.45, 2.75) is 12.8 Å². The molecular weight excluding hydrogens is 203 g/mol. The Balaban J connectivity index is 2.13. The fraction of sp³-hybridized carbons (Fsp3) is 0.308. The molecule has 1 aromatic heterocycles. The van der Waals surface area contributed by atoms with Crippen molar-refractivity contribution in [2.75, 3.05) is 18.0 Å². The molecule has 0 N–H and O–H groups in total. The molecule has 0 amide bonds. The van der Waals surface area contributed by atoms with Crippen molar-refractivity contribution < 1.29 is 4.39 Å². The molecule has 1 aliphatic heterocycles. The van der Waals surface area contributed by atoms with Crippen LogP contribution in [-0.2, 0) is 0 Å². The number of fused-ring (bicyclic) bond motifs is 1. The zero-order valence-electron chi connectivity index (χ0n) is 8.99. The van der Waals surface area contributed by atoms with E-state index in [1.54, 1.807) is 12.3 Å². The topological polar surface area (TPSA) is 16.1 Å². The number of anilines is 1. The highest BCUT2D eigenvalue weighted by Crippen LogP contribution is 2.27. The first-order valence-corrected chi connectivity index (χ1v) is 5.64. The highest BCUT2D eigenvalue weighted by atomic mass is 19.1. The van der Waals surface area contributed by atoms with E-state index in [1.807, 2.05) is 18.2 Å². The number of pyridine rings is 1. The molecule has 82 valence electrons. The van der Waals surface area contributed by atoms with Gasteiger partial charge in [-0.2, -0.15) is 0 Å². The van der Waals surface area contributed by atoms with Crippen LogP contribution in [0.2, 0.25) is 0 Å². The highest BCUT2D eigenvalue weighted by molar-refractivity contribution is 5.82. The van der Waals surface area contributed by atoms with Gasteiger partial charge in [0.2, 0.25) is 0 Å². The molecule has 0 spiro atoms. The summed E-state index contributed by atoms with van der Waals surface area (Å²) >= 11 is 0. The number of aromatic nitrogens is 1. The lowest BCUT2D eigenvalue weighted by atomic mass is 10.2. The van der Waals surface area contributed by atoms with Crippen LogP contribution in [0.1, 0.15) is 12.8 Å². The van der Waals surface area contributed by atoms with Gasteiger partial charge in [-0.15, -0.1) is 0 Å². The van der Waals surface area contributed by atoms with Crippen molar-refractivity contribution in [2.24, 2.45) is 0 Å². The van der Waals surface area contributed by atoms with Gasteiger partial charge < -0.3 is 4.90 Å². The third-order valence-electron chi connectivity index (χ3n) is 3.12. The Labute approximate surface area is 93.7 Å². The van der Waals surface area contributed by atoms with E-state index < -0.39 is 0 Å². The van der Waals surface area contributed by atoms with Crippen molar-refractivity contribution in [3.8, 4) is 0 Å². The molecule has 0 atom stereocenters. The van der Waals surface area contributed by atoms with Crippen molar-refractivity contribution >= 4 is 16.6 Å². The fourth-order valence-electron chi connectivity index (χ4n) is 2.28. The normalized spacial score (nSPS) is 15.9. The van der Waals surface area contributed by atoms with Crippen LogP contribution < -0.4 is 4.90 Å². The molecular formula is C13H13FN2. The van der Waals surface area contributed by atoms with Crippen LogP contribution in [0.25, 0.3) is 10.9 Å².